The summed E-state index contributed by atoms with van der Waals surface area (Å²) in [5, 5.41) is 0. The van der Waals surface area contributed by atoms with Crippen LogP contribution in [0.5, 0.6) is 0 Å². The van der Waals surface area contributed by atoms with Crippen LogP contribution in [0.2, 0.25) is 0 Å². The van der Waals surface area contributed by atoms with Gasteiger partial charge in [0.25, 0.3) is 0 Å². The van der Waals surface area contributed by atoms with Crippen LogP contribution in [0.1, 0.15) is 66.2 Å². The van der Waals surface area contributed by atoms with Gasteiger partial charge in [-0.05, 0) is 81.8 Å². The first-order chi connectivity index (χ1) is 15.1. The van der Waals surface area contributed by atoms with Gasteiger partial charge < -0.3 is 19.1 Å². The number of methoxy groups -OCH3 is 2. The summed E-state index contributed by atoms with van der Waals surface area (Å²) in [6.07, 6.45) is 6.11. The van der Waals surface area contributed by atoms with E-state index in [9.17, 15) is 14.4 Å². The highest BCUT2D eigenvalue weighted by Crippen LogP contribution is 2.49. The van der Waals surface area contributed by atoms with E-state index in [4.69, 9.17) is 14.2 Å². The zero-order valence-corrected chi connectivity index (χ0v) is 20.2. The molecule has 3 rings (SSSR count). The highest BCUT2D eigenvalue weighted by molar-refractivity contribution is 5.91. The molecule has 0 N–H and O–H groups in total. The molecule has 0 unspecified atom stereocenters. The van der Waals surface area contributed by atoms with Crippen LogP contribution in [0.4, 0.5) is 4.79 Å². The van der Waals surface area contributed by atoms with Gasteiger partial charge >= 0.3 is 18.0 Å². The third-order valence-electron chi connectivity index (χ3n) is 6.92. The highest BCUT2D eigenvalue weighted by Gasteiger charge is 2.50. The second kappa shape index (κ2) is 9.67. The van der Waals surface area contributed by atoms with Gasteiger partial charge in [0.05, 0.1) is 20.3 Å². The van der Waals surface area contributed by atoms with Crippen LogP contribution in [0, 0.1) is 17.8 Å². The van der Waals surface area contributed by atoms with E-state index >= 15 is 0 Å². The molecule has 7 nitrogen and oxygen atoms in total. The number of hydrogen-bond acceptors (Lipinski definition) is 6. The van der Waals surface area contributed by atoms with Gasteiger partial charge in [-0.25, -0.2) is 9.59 Å². The van der Waals surface area contributed by atoms with Crippen LogP contribution in [0.15, 0.2) is 22.8 Å². The number of amides is 1. The van der Waals surface area contributed by atoms with Gasteiger partial charge in [0.2, 0.25) is 0 Å². The summed E-state index contributed by atoms with van der Waals surface area (Å²) in [4.78, 5) is 39.6. The van der Waals surface area contributed by atoms with Gasteiger partial charge in [-0.15, -0.1) is 0 Å². The van der Waals surface area contributed by atoms with Gasteiger partial charge in [-0.3, -0.25) is 4.79 Å². The molecule has 1 saturated heterocycles. The fraction of sp³-hybridized carbons (Fsp3) is 0.720. The van der Waals surface area contributed by atoms with Crippen molar-refractivity contribution in [1.82, 2.24) is 4.90 Å². The van der Waals surface area contributed by atoms with Crippen molar-refractivity contribution in [2.75, 3.05) is 20.8 Å². The van der Waals surface area contributed by atoms with Crippen molar-refractivity contribution in [3.63, 3.8) is 0 Å². The standard InChI is InChI=1S/C25H37NO6/c1-15-14-26(24(29)32-25(2,3)4)22-17(15)11-12-19(23(28)31-6)21(22)18-9-7-8-16(18)10-13-20(27)30-5/h9,15-17,22H,7-8,10-14H2,1-6H3/t15-,16-,17-,22+/m1/s1. The molecule has 0 bridgehead atoms. The van der Waals surface area contributed by atoms with Crippen LogP contribution in [-0.2, 0) is 23.8 Å². The van der Waals surface area contributed by atoms with E-state index in [1.54, 1.807) is 0 Å². The Bertz CT molecular complexity index is 821. The molecule has 2 aliphatic carbocycles. The summed E-state index contributed by atoms with van der Waals surface area (Å²) in [6.45, 7) is 8.36. The Morgan fingerprint density at radius 1 is 1.12 bits per heavy atom. The first-order valence-corrected chi connectivity index (χ1v) is 11.7. The van der Waals surface area contributed by atoms with Crippen molar-refractivity contribution < 1.29 is 28.6 Å². The van der Waals surface area contributed by atoms with Gasteiger partial charge in [0.15, 0.2) is 0 Å². The fourth-order valence-corrected chi connectivity index (χ4v) is 5.51. The topological polar surface area (TPSA) is 82.1 Å². The predicted octanol–water partition coefficient (Wildman–Crippen LogP) is 4.41. The molecule has 0 aromatic heterocycles. The number of nitrogens with zero attached hydrogens (tertiary/aromatic N) is 1. The molecule has 0 spiro atoms. The van der Waals surface area contributed by atoms with Crippen molar-refractivity contribution in [3.8, 4) is 0 Å². The molecule has 0 saturated carbocycles. The lowest BCUT2D eigenvalue weighted by Crippen LogP contribution is -2.45. The van der Waals surface area contributed by atoms with E-state index in [1.807, 2.05) is 25.7 Å². The third-order valence-corrected chi connectivity index (χ3v) is 6.92. The summed E-state index contributed by atoms with van der Waals surface area (Å²) in [5.41, 5.74) is 2.08. The number of fused-ring (bicyclic) bond motifs is 1. The summed E-state index contributed by atoms with van der Waals surface area (Å²) in [5.74, 6) is 0.149. The Labute approximate surface area is 191 Å². The molecule has 32 heavy (non-hydrogen) atoms. The van der Waals surface area contributed by atoms with E-state index < -0.39 is 5.60 Å². The number of esters is 2. The van der Waals surface area contributed by atoms with E-state index in [1.165, 1.54) is 14.2 Å². The minimum Gasteiger partial charge on any atom is -0.469 e. The fourth-order valence-electron chi connectivity index (χ4n) is 5.51. The number of allylic oxidation sites excluding steroid dienone is 1. The summed E-state index contributed by atoms with van der Waals surface area (Å²) < 4.78 is 15.7. The van der Waals surface area contributed by atoms with Crippen molar-refractivity contribution in [3.05, 3.63) is 22.8 Å². The maximum atomic E-state index is 13.2. The minimum absolute atomic E-state index is 0.152. The van der Waals surface area contributed by atoms with Crippen LogP contribution >= 0.6 is 0 Å². The number of likely N-dealkylation sites (tertiary alicyclic amines) is 1. The zero-order chi connectivity index (χ0) is 23.6. The van der Waals surface area contributed by atoms with E-state index in [0.29, 0.717) is 37.3 Å². The van der Waals surface area contributed by atoms with Gasteiger partial charge in [-0.1, -0.05) is 13.0 Å². The molecule has 1 amide bonds. The molecule has 1 fully saturated rings. The minimum atomic E-state index is -0.599. The van der Waals surface area contributed by atoms with E-state index in [0.717, 1.165) is 30.4 Å². The molecular formula is C25H37NO6. The SMILES string of the molecule is COC(=O)CC[C@H]1CCC=C1C1=C(C(=O)OC)CC[C@@H]2[C@H](C)CN(C(=O)OC(C)(C)C)[C@H]12. The Kier molecular flexibility index (Phi) is 7.36. The first kappa shape index (κ1) is 24.3. The van der Waals surface area contributed by atoms with E-state index in [-0.39, 0.29) is 35.9 Å². The van der Waals surface area contributed by atoms with Crippen LogP contribution < -0.4 is 0 Å². The normalized spacial score (nSPS) is 27.7. The Hall–Kier alpha value is -2.31. The molecule has 1 aliphatic heterocycles. The number of carbonyl (C=O) groups excluding carboxylic acids is 3. The monoisotopic (exact) mass is 447 g/mol. The average Bonchev–Trinajstić information content (AvgIpc) is 3.34. The summed E-state index contributed by atoms with van der Waals surface area (Å²) >= 11 is 0. The smallest absolute Gasteiger partial charge is 0.410 e. The van der Waals surface area contributed by atoms with Crippen molar-refractivity contribution in [1.29, 1.82) is 0 Å². The van der Waals surface area contributed by atoms with Crippen LogP contribution in [0.25, 0.3) is 0 Å². The van der Waals surface area contributed by atoms with Crippen molar-refractivity contribution in [2.24, 2.45) is 17.8 Å². The largest absolute Gasteiger partial charge is 0.469 e. The first-order valence-electron chi connectivity index (χ1n) is 11.7. The molecule has 0 aromatic carbocycles. The van der Waals surface area contributed by atoms with Crippen LogP contribution in [0.3, 0.4) is 0 Å². The lowest BCUT2D eigenvalue weighted by atomic mass is 9.72. The zero-order valence-electron chi connectivity index (χ0n) is 20.2. The van der Waals surface area contributed by atoms with Gasteiger partial charge in [0.1, 0.15) is 5.60 Å². The molecular weight excluding hydrogens is 410 g/mol. The Morgan fingerprint density at radius 2 is 1.84 bits per heavy atom. The molecule has 0 radical (unpaired) electrons. The number of hydrogen-bond donors (Lipinski definition) is 0. The molecule has 4 atom stereocenters. The van der Waals surface area contributed by atoms with Crippen molar-refractivity contribution >= 4 is 18.0 Å². The molecule has 1 heterocycles. The van der Waals surface area contributed by atoms with Gasteiger partial charge in [0, 0.05) is 18.5 Å². The lowest BCUT2D eigenvalue weighted by molar-refractivity contribution is -0.141. The molecule has 178 valence electrons. The molecule has 3 aliphatic rings. The predicted molar refractivity (Wildman–Crippen MR) is 120 cm³/mol. The quantitative estimate of drug-likeness (QED) is 0.459. The maximum absolute atomic E-state index is 13.2. The van der Waals surface area contributed by atoms with Gasteiger partial charge in [-0.2, -0.15) is 0 Å². The summed E-state index contributed by atoms with van der Waals surface area (Å²) in [6, 6.07) is -0.215. The number of carbonyl (C=O) groups is 3. The number of rotatable bonds is 5. The Balaban J connectivity index is 2.01. The average molecular weight is 448 g/mol. The third kappa shape index (κ3) is 5.02. The maximum Gasteiger partial charge on any atom is 0.410 e. The van der Waals surface area contributed by atoms with Crippen molar-refractivity contribution in [2.45, 2.75) is 77.9 Å². The molecule has 0 aromatic rings. The Morgan fingerprint density at radius 3 is 2.47 bits per heavy atom. The highest BCUT2D eigenvalue weighted by atomic mass is 16.6. The molecule has 7 heteroatoms. The van der Waals surface area contributed by atoms with Crippen LogP contribution in [-0.4, -0.2) is 55.3 Å². The summed E-state index contributed by atoms with van der Waals surface area (Å²) in [7, 11) is 2.80. The second-order valence-corrected chi connectivity index (χ2v) is 10.2. The number of ether oxygens (including phenoxy) is 3. The second-order valence-electron chi connectivity index (χ2n) is 10.2. The van der Waals surface area contributed by atoms with E-state index in [2.05, 4.69) is 13.0 Å². The lowest BCUT2D eigenvalue weighted by Gasteiger charge is -2.38.